The number of pyridine rings is 1. The minimum atomic E-state index is -1.24. The van der Waals surface area contributed by atoms with Gasteiger partial charge in [-0.05, 0) is 35.7 Å². The second kappa shape index (κ2) is 8.42. The van der Waals surface area contributed by atoms with E-state index >= 15 is 0 Å². The fourth-order valence-corrected chi connectivity index (χ4v) is 3.87. The fourth-order valence-electron chi connectivity index (χ4n) is 2.59. The molecule has 4 aromatic rings. The van der Waals surface area contributed by atoms with Gasteiger partial charge in [-0.3, -0.25) is 9.19 Å². The van der Waals surface area contributed by atoms with Crippen molar-refractivity contribution in [1.82, 2.24) is 15.2 Å². The highest BCUT2D eigenvalue weighted by Crippen LogP contribution is 2.26. The van der Waals surface area contributed by atoms with Crippen molar-refractivity contribution in [3.8, 4) is 23.3 Å². The maximum absolute atomic E-state index is 12.9. The van der Waals surface area contributed by atoms with Gasteiger partial charge < -0.3 is 4.42 Å². The van der Waals surface area contributed by atoms with E-state index in [1.165, 1.54) is 0 Å². The van der Waals surface area contributed by atoms with Crippen molar-refractivity contribution in [2.24, 2.45) is 0 Å². The Morgan fingerprint density at radius 2 is 1.71 bits per heavy atom. The number of hydrogen-bond donors (Lipinski definition) is 0. The number of aromatic nitrogens is 3. The molecular weight excluding hydrogens is 370 g/mol. The Labute approximate surface area is 164 Å². The molecule has 0 saturated carbocycles. The summed E-state index contributed by atoms with van der Waals surface area (Å²) in [6.07, 6.45) is 3.34. The van der Waals surface area contributed by atoms with Crippen LogP contribution in [0.3, 0.4) is 0 Å². The smallest absolute Gasteiger partial charge is 0.294 e. The molecule has 136 valence electrons. The van der Waals surface area contributed by atoms with Crippen molar-refractivity contribution in [3.63, 3.8) is 0 Å². The van der Waals surface area contributed by atoms with Crippen LogP contribution in [0.1, 0.15) is 17.0 Å². The monoisotopic (exact) mass is 385 g/mol. The first kappa shape index (κ1) is 17.8. The summed E-state index contributed by atoms with van der Waals surface area (Å²) < 4.78 is 18.6. The Hall–Kier alpha value is -3.56. The van der Waals surface area contributed by atoms with Gasteiger partial charge in [0.25, 0.3) is 5.89 Å². The molecule has 1 unspecified atom stereocenters. The maximum Gasteiger partial charge on any atom is 0.294 e. The predicted octanol–water partition coefficient (Wildman–Crippen LogP) is 3.84. The van der Waals surface area contributed by atoms with Crippen LogP contribution in [0.2, 0.25) is 0 Å². The van der Waals surface area contributed by atoms with Crippen LogP contribution in [0.4, 0.5) is 0 Å². The highest BCUT2D eigenvalue weighted by molar-refractivity contribution is 7.84. The second-order valence-electron chi connectivity index (χ2n) is 5.88. The molecule has 0 N–H and O–H groups in total. The zero-order valence-corrected chi connectivity index (χ0v) is 15.6. The zero-order valence-electron chi connectivity index (χ0n) is 14.8. The van der Waals surface area contributed by atoms with E-state index in [2.05, 4.69) is 27.0 Å². The molecule has 0 fully saturated rings. The zero-order chi connectivity index (χ0) is 19.2. The number of rotatable bonds is 4. The van der Waals surface area contributed by atoms with Crippen LogP contribution in [0, 0.1) is 11.8 Å². The summed E-state index contributed by atoms with van der Waals surface area (Å²) in [7, 11) is -1.24. The standard InChI is InChI=1S/C22H15N3O2S/c26-28(16-18-7-2-1-3-8-18)20-11-5-4-10-19(20)22-25-24-21(27-22)13-12-17-9-6-14-23-15-17/h1-11,14-15H,16H2. The third-order valence-electron chi connectivity index (χ3n) is 3.90. The van der Waals surface area contributed by atoms with E-state index in [4.69, 9.17) is 4.42 Å². The van der Waals surface area contributed by atoms with Crippen LogP contribution in [0.15, 0.2) is 88.4 Å². The van der Waals surface area contributed by atoms with Crippen molar-refractivity contribution in [1.29, 1.82) is 0 Å². The topological polar surface area (TPSA) is 68.9 Å². The van der Waals surface area contributed by atoms with Gasteiger partial charge >= 0.3 is 0 Å². The van der Waals surface area contributed by atoms with Gasteiger partial charge in [0.15, 0.2) is 0 Å². The summed E-state index contributed by atoms with van der Waals surface area (Å²) in [5.41, 5.74) is 2.41. The first-order chi connectivity index (χ1) is 13.8. The van der Waals surface area contributed by atoms with Crippen molar-refractivity contribution in [2.45, 2.75) is 10.6 Å². The van der Waals surface area contributed by atoms with Crippen LogP contribution in [-0.4, -0.2) is 19.4 Å². The lowest BCUT2D eigenvalue weighted by Crippen LogP contribution is -1.99. The van der Waals surface area contributed by atoms with E-state index in [0.717, 1.165) is 11.1 Å². The summed E-state index contributed by atoms with van der Waals surface area (Å²) >= 11 is 0. The molecule has 0 amide bonds. The molecule has 0 aliphatic heterocycles. The molecule has 2 aromatic heterocycles. The summed E-state index contributed by atoms with van der Waals surface area (Å²) in [4.78, 5) is 4.67. The van der Waals surface area contributed by atoms with Crippen molar-refractivity contribution in [3.05, 3.63) is 96.1 Å². The quantitative estimate of drug-likeness (QED) is 0.499. The van der Waals surface area contributed by atoms with Crippen LogP contribution in [0.5, 0.6) is 0 Å². The SMILES string of the molecule is O=S(Cc1ccccc1)c1ccccc1-c1nnc(C#Cc2cccnc2)o1. The lowest BCUT2D eigenvalue weighted by Gasteiger charge is -2.06. The molecular formula is C22H15N3O2S. The molecule has 5 nitrogen and oxygen atoms in total. The normalized spacial score (nSPS) is 11.4. The molecule has 0 radical (unpaired) electrons. The molecule has 1 atom stereocenters. The average molecular weight is 385 g/mol. The molecule has 0 bridgehead atoms. The molecule has 0 spiro atoms. The van der Waals surface area contributed by atoms with E-state index in [-0.39, 0.29) is 5.89 Å². The van der Waals surface area contributed by atoms with Gasteiger partial charge in [0.2, 0.25) is 5.89 Å². The predicted molar refractivity (Wildman–Crippen MR) is 107 cm³/mol. The molecule has 2 aromatic carbocycles. The lowest BCUT2D eigenvalue weighted by molar-refractivity contribution is 0.553. The number of nitrogens with zero attached hydrogens (tertiary/aromatic N) is 3. The Morgan fingerprint density at radius 1 is 0.893 bits per heavy atom. The summed E-state index contributed by atoms with van der Waals surface area (Å²) in [5, 5.41) is 8.06. The van der Waals surface area contributed by atoms with Crippen molar-refractivity contribution >= 4 is 10.8 Å². The first-order valence-electron chi connectivity index (χ1n) is 8.57. The highest BCUT2D eigenvalue weighted by atomic mass is 32.2. The average Bonchev–Trinajstić information content (AvgIpc) is 3.23. The minimum absolute atomic E-state index is 0.197. The van der Waals surface area contributed by atoms with E-state index in [0.29, 0.717) is 22.1 Å². The third kappa shape index (κ3) is 4.22. The van der Waals surface area contributed by atoms with Gasteiger partial charge in [-0.1, -0.05) is 53.5 Å². The Balaban J connectivity index is 1.60. The lowest BCUT2D eigenvalue weighted by atomic mass is 10.2. The van der Waals surface area contributed by atoms with E-state index in [1.54, 1.807) is 12.4 Å². The van der Waals surface area contributed by atoms with Crippen LogP contribution >= 0.6 is 0 Å². The number of hydrogen-bond acceptors (Lipinski definition) is 5. The van der Waals surface area contributed by atoms with Gasteiger partial charge in [-0.2, -0.15) is 0 Å². The van der Waals surface area contributed by atoms with Crippen LogP contribution in [0.25, 0.3) is 11.5 Å². The largest absolute Gasteiger partial charge is 0.410 e. The maximum atomic E-state index is 12.9. The van der Waals surface area contributed by atoms with E-state index in [1.807, 2.05) is 66.7 Å². The first-order valence-corrected chi connectivity index (χ1v) is 9.89. The molecule has 0 saturated heterocycles. The summed E-state index contributed by atoms with van der Waals surface area (Å²) in [6.45, 7) is 0. The highest BCUT2D eigenvalue weighted by Gasteiger charge is 2.16. The third-order valence-corrected chi connectivity index (χ3v) is 5.35. The summed E-state index contributed by atoms with van der Waals surface area (Å²) in [5.74, 6) is 6.67. The Bertz CT molecular complexity index is 1160. The second-order valence-corrected chi connectivity index (χ2v) is 7.30. The van der Waals surface area contributed by atoms with Crippen molar-refractivity contribution in [2.75, 3.05) is 0 Å². The van der Waals surface area contributed by atoms with Gasteiger partial charge in [-0.25, -0.2) is 0 Å². The molecule has 2 heterocycles. The molecule has 4 rings (SSSR count). The van der Waals surface area contributed by atoms with Gasteiger partial charge in [0.1, 0.15) is 0 Å². The Kier molecular flexibility index (Phi) is 5.36. The van der Waals surface area contributed by atoms with Crippen LogP contribution in [-0.2, 0) is 16.6 Å². The van der Waals surface area contributed by atoms with Gasteiger partial charge in [-0.15, -0.1) is 5.10 Å². The Morgan fingerprint density at radius 3 is 2.54 bits per heavy atom. The van der Waals surface area contributed by atoms with Gasteiger partial charge in [0.05, 0.1) is 27.0 Å². The number of benzene rings is 2. The molecule has 0 aliphatic carbocycles. The molecule has 28 heavy (non-hydrogen) atoms. The summed E-state index contributed by atoms with van der Waals surface area (Å²) in [6, 6.07) is 20.7. The van der Waals surface area contributed by atoms with E-state index in [9.17, 15) is 4.21 Å². The fraction of sp³-hybridized carbons (Fsp3) is 0.0455. The van der Waals surface area contributed by atoms with E-state index < -0.39 is 10.8 Å². The minimum Gasteiger partial charge on any atom is -0.410 e. The molecule has 0 aliphatic rings. The molecule has 6 heteroatoms. The van der Waals surface area contributed by atoms with Crippen molar-refractivity contribution < 1.29 is 8.63 Å². The van der Waals surface area contributed by atoms with Gasteiger partial charge in [0, 0.05) is 18.0 Å². The van der Waals surface area contributed by atoms with Crippen LogP contribution < -0.4 is 0 Å².